The Morgan fingerprint density at radius 3 is 1.85 bits per heavy atom. The number of fused-ring (bicyclic) bond motifs is 7. The predicted octanol–water partition coefficient (Wildman–Crippen LogP) is 1.32. The van der Waals surface area contributed by atoms with Gasteiger partial charge in [0.2, 0.25) is 0 Å². The van der Waals surface area contributed by atoms with E-state index in [2.05, 4.69) is 27.7 Å². The van der Waals surface area contributed by atoms with E-state index in [0.717, 1.165) is 58.0 Å². The van der Waals surface area contributed by atoms with E-state index in [4.69, 9.17) is 37.9 Å². The van der Waals surface area contributed by atoms with Crippen LogP contribution in [0.4, 0.5) is 0 Å². The minimum atomic E-state index is -1.70. The monoisotopic (exact) mass is 870 g/mol. The number of hydrogen-bond acceptors (Lipinski definition) is 16. The van der Waals surface area contributed by atoms with Crippen LogP contribution in [-0.4, -0.2) is 164 Å². The smallest absolute Gasteiger partial charge is 0.187 e. The van der Waals surface area contributed by atoms with Gasteiger partial charge in [-0.1, -0.05) is 27.7 Å². The van der Waals surface area contributed by atoms with Gasteiger partial charge in [-0.2, -0.15) is 0 Å². The summed E-state index contributed by atoms with van der Waals surface area (Å²) in [7, 11) is 0. The number of aliphatic hydroxyl groups is 8. The Kier molecular flexibility index (Phi) is 12.6. The molecule has 1 unspecified atom stereocenters. The third-order valence-electron chi connectivity index (χ3n) is 18.2. The molecule has 4 aliphatic carbocycles. The first kappa shape index (κ1) is 45.5. The summed E-state index contributed by atoms with van der Waals surface area (Å²) in [4.78, 5) is 0. The van der Waals surface area contributed by atoms with Gasteiger partial charge in [0, 0.05) is 12.3 Å². The molecular formula is C45H74O16. The normalized spacial score (nSPS) is 59.7. The average Bonchev–Trinajstić information content (AvgIpc) is 3.69. The van der Waals surface area contributed by atoms with Crippen LogP contribution in [0.2, 0.25) is 0 Å². The zero-order chi connectivity index (χ0) is 43.5. The van der Waals surface area contributed by atoms with E-state index in [1.165, 1.54) is 26.7 Å². The highest BCUT2D eigenvalue weighted by atomic mass is 16.8. The topological polar surface area (TPSA) is 236 Å². The fraction of sp³-hybridized carbons (Fsp3) is 1.00. The number of rotatable bonds is 7. The lowest BCUT2D eigenvalue weighted by molar-refractivity contribution is -0.389. The molecule has 27 atom stereocenters. The van der Waals surface area contributed by atoms with Gasteiger partial charge >= 0.3 is 0 Å². The lowest BCUT2D eigenvalue weighted by Gasteiger charge is -2.61. The lowest BCUT2D eigenvalue weighted by atomic mass is 9.44. The molecule has 0 bridgehead atoms. The summed E-state index contributed by atoms with van der Waals surface area (Å²) in [5, 5.41) is 85.9. The van der Waals surface area contributed by atoms with Crippen LogP contribution in [0.5, 0.6) is 0 Å². The highest BCUT2D eigenvalue weighted by Crippen LogP contribution is 2.71. The molecule has 61 heavy (non-hydrogen) atoms. The van der Waals surface area contributed by atoms with Crippen LogP contribution in [0.1, 0.15) is 106 Å². The third kappa shape index (κ3) is 7.50. The number of hydrogen-bond donors (Lipinski definition) is 8. The molecule has 0 radical (unpaired) electrons. The molecule has 9 aliphatic rings. The first-order chi connectivity index (χ1) is 28.9. The van der Waals surface area contributed by atoms with Gasteiger partial charge < -0.3 is 78.7 Å². The highest BCUT2D eigenvalue weighted by Gasteiger charge is 2.69. The molecule has 0 aromatic carbocycles. The van der Waals surface area contributed by atoms with E-state index in [1.807, 2.05) is 0 Å². The van der Waals surface area contributed by atoms with Crippen molar-refractivity contribution in [2.75, 3.05) is 13.2 Å². The van der Waals surface area contributed by atoms with E-state index in [-0.39, 0.29) is 23.0 Å². The van der Waals surface area contributed by atoms with E-state index < -0.39 is 105 Å². The van der Waals surface area contributed by atoms with Gasteiger partial charge in [-0.25, -0.2) is 0 Å². The van der Waals surface area contributed by atoms with E-state index in [0.29, 0.717) is 41.4 Å². The Morgan fingerprint density at radius 1 is 0.590 bits per heavy atom. The lowest BCUT2D eigenvalue weighted by Crippen LogP contribution is -2.66. The minimum Gasteiger partial charge on any atom is -0.394 e. The van der Waals surface area contributed by atoms with Gasteiger partial charge in [0.1, 0.15) is 61.0 Å². The van der Waals surface area contributed by atoms with Crippen LogP contribution in [-0.2, 0) is 37.9 Å². The number of ether oxygens (including phenoxy) is 8. The molecule has 0 aromatic rings. The molecule has 0 amide bonds. The minimum absolute atomic E-state index is 0.122. The fourth-order valence-electron chi connectivity index (χ4n) is 14.6. The highest BCUT2D eigenvalue weighted by molar-refractivity contribution is 5.15. The van der Waals surface area contributed by atoms with Crippen molar-refractivity contribution in [3.63, 3.8) is 0 Å². The van der Waals surface area contributed by atoms with Crippen molar-refractivity contribution in [2.24, 2.45) is 52.3 Å². The van der Waals surface area contributed by atoms with Crippen molar-refractivity contribution in [2.45, 2.75) is 216 Å². The molecule has 5 saturated heterocycles. The van der Waals surface area contributed by atoms with E-state index >= 15 is 0 Å². The maximum absolute atomic E-state index is 12.0. The van der Waals surface area contributed by atoms with Crippen LogP contribution in [0.15, 0.2) is 0 Å². The van der Waals surface area contributed by atoms with Crippen LogP contribution >= 0.6 is 0 Å². The molecule has 0 aromatic heterocycles. The first-order valence-electron chi connectivity index (χ1n) is 23.5. The second kappa shape index (κ2) is 16.9. The SMILES string of the molecule is C[C@H]1CC[C@@]2(OC1)O[C@H]1C[C@H]3[C@@H]4CCC5C[C@@H](O[C@@H]6O[C@H](CO)[C@@H](O[C@@H]7O[C@@H](C)[C@H](O)[C@@H](O)[C@H]7O)[C@H](O)[C@H]6O[C@@H]6O[C@@H](C)[C@H](O)[C@@H](O)[C@H]6O)CC[C@]5(C)[C@H]4CC[C@]3(C)[C@H]1[C@@H]2C. The van der Waals surface area contributed by atoms with Gasteiger partial charge in [0.15, 0.2) is 24.7 Å². The zero-order valence-corrected chi connectivity index (χ0v) is 36.7. The zero-order valence-electron chi connectivity index (χ0n) is 36.7. The van der Waals surface area contributed by atoms with Crippen molar-refractivity contribution < 1.29 is 78.7 Å². The van der Waals surface area contributed by atoms with Crippen LogP contribution in [0.25, 0.3) is 0 Å². The van der Waals surface area contributed by atoms with Crippen molar-refractivity contribution in [3.05, 3.63) is 0 Å². The molecule has 5 heterocycles. The Balaban J connectivity index is 0.897. The molecule has 5 aliphatic heterocycles. The molecule has 4 saturated carbocycles. The quantitative estimate of drug-likeness (QED) is 0.169. The summed E-state index contributed by atoms with van der Waals surface area (Å²) in [6.45, 7) is 12.9. The molecule has 16 nitrogen and oxygen atoms in total. The van der Waals surface area contributed by atoms with E-state index in [1.54, 1.807) is 0 Å². The van der Waals surface area contributed by atoms with Crippen molar-refractivity contribution in [3.8, 4) is 0 Å². The Morgan fingerprint density at radius 2 is 1.23 bits per heavy atom. The average molecular weight is 871 g/mol. The molecule has 9 fully saturated rings. The summed E-state index contributed by atoms with van der Waals surface area (Å²) >= 11 is 0. The molecule has 16 heteroatoms. The molecular weight excluding hydrogens is 796 g/mol. The predicted molar refractivity (Wildman–Crippen MR) is 213 cm³/mol. The van der Waals surface area contributed by atoms with Gasteiger partial charge in [-0.15, -0.1) is 0 Å². The van der Waals surface area contributed by atoms with Crippen LogP contribution in [0, 0.1) is 52.3 Å². The molecule has 1 spiro atoms. The van der Waals surface area contributed by atoms with Crippen LogP contribution in [0.3, 0.4) is 0 Å². The Bertz CT molecular complexity index is 1530. The molecule has 8 N–H and O–H groups in total. The van der Waals surface area contributed by atoms with Crippen molar-refractivity contribution in [1.29, 1.82) is 0 Å². The van der Waals surface area contributed by atoms with Gasteiger partial charge in [-0.05, 0) is 118 Å². The summed E-state index contributed by atoms with van der Waals surface area (Å²) in [5.74, 6) is 3.27. The van der Waals surface area contributed by atoms with Gasteiger partial charge in [0.05, 0.1) is 37.6 Å². The second-order valence-electron chi connectivity index (χ2n) is 21.5. The standard InChI is InChI=1S/C45H74O16/c1-19-9-14-45(54-18-19)20(2)30-28(61-45)16-27-25-8-7-23-15-24(10-12-43(23,5)26(25)11-13-44(27,30)6)57-42-39(60-41-36(52)34(50)32(48)22(4)56-41)37(53)38(29(17-46)58-42)59-40-35(51)33(49)31(47)21(3)55-40/h19-42,46-53H,7-18H2,1-6H3/t19-,20-,21-,22-,23?,24-,25+,26-,27-,28-,29+,30-,31-,32-,33+,34+,35+,36+,37-,38+,39+,40-,41-,42+,43-,44-,45+/m0/s1. The van der Waals surface area contributed by atoms with Crippen molar-refractivity contribution in [1.82, 2.24) is 0 Å². The van der Waals surface area contributed by atoms with Crippen molar-refractivity contribution >= 4 is 0 Å². The summed E-state index contributed by atoms with van der Waals surface area (Å²) in [5.41, 5.74) is 0.350. The third-order valence-corrected chi connectivity index (χ3v) is 18.2. The fourth-order valence-corrected chi connectivity index (χ4v) is 14.6. The van der Waals surface area contributed by atoms with Gasteiger partial charge in [-0.3, -0.25) is 0 Å². The largest absolute Gasteiger partial charge is 0.394 e. The van der Waals surface area contributed by atoms with Gasteiger partial charge in [0.25, 0.3) is 0 Å². The summed E-state index contributed by atoms with van der Waals surface area (Å²) in [6, 6.07) is 0. The van der Waals surface area contributed by atoms with Crippen LogP contribution < -0.4 is 0 Å². The summed E-state index contributed by atoms with van der Waals surface area (Å²) in [6.07, 6.45) is -11.0. The Labute approximate surface area is 359 Å². The number of aliphatic hydroxyl groups excluding tert-OH is 8. The molecule has 9 rings (SSSR count). The Hall–Kier alpha value is -0.640. The maximum atomic E-state index is 12.0. The van der Waals surface area contributed by atoms with E-state index in [9.17, 15) is 40.9 Å². The molecule has 350 valence electrons. The summed E-state index contributed by atoms with van der Waals surface area (Å²) < 4.78 is 50.3. The second-order valence-corrected chi connectivity index (χ2v) is 21.5. The maximum Gasteiger partial charge on any atom is 0.187 e. The first-order valence-corrected chi connectivity index (χ1v) is 23.5.